The molecule has 1 aromatic rings. The number of amides is 1. The Morgan fingerprint density at radius 1 is 1.38 bits per heavy atom. The largest absolute Gasteiger partial charge is 0.496 e. The van der Waals surface area contributed by atoms with Crippen molar-refractivity contribution in [3.05, 3.63) is 28.2 Å². The van der Waals surface area contributed by atoms with Crippen LogP contribution in [0.4, 0.5) is 0 Å². The number of carbonyl (C=O) groups is 2. The molecule has 0 spiro atoms. The number of carboxylic acid groups (broad SMARTS) is 1. The first-order valence-corrected chi connectivity index (χ1v) is 9.11. The van der Waals surface area contributed by atoms with Gasteiger partial charge in [-0.2, -0.15) is 0 Å². The molecule has 24 heavy (non-hydrogen) atoms. The monoisotopic (exact) mass is 397 g/mol. The third-order valence-corrected chi connectivity index (χ3v) is 4.98. The number of carboxylic acids is 1. The van der Waals surface area contributed by atoms with Gasteiger partial charge in [-0.1, -0.05) is 15.9 Å². The number of nitrogens with zero attached hydrogens (tertiary/aromatic N) is 1. The minimum Gasteiger partial charge on any atom is -0.496 e. The third-order valence-electron chi connectivity index (χ3n) is 4.49. The maximum atomic E-state index is 12.5. The van der Waals surface area contributed by atoms with Crippen molar-refractivity contribution in [1.29, 1.82) is 0 Å². The highest BCUT2D eigenvalue weighted by Gasteiger charge is 2.24. The van der Waals surface area contributed by atoms with E-state index in [0.717, 1.165) is 35.2 Å². The number of ether oxygens (including phenoxy) is 1. The fourth-order valence-electron chi connectivity index (χ4n) is 3.20. The Balaban J connectivity index is 1.88. The summed E-state index contributed by atoms with van der Waals surface area (Å²) in [6, 6.07) is 5.80. The van der Waals surface area contributed by atoms with Crippen molar-refractivity contribution < 1.29 is 19.4 Å². The van der Waals surface area contributed by atoms with Gasteiger partial charge in [-0.3, -0.25) is 9.59 Å². The van der Waals surface area contributed by atoms with Gasteiger partial charge in [0.15, 0.2) is 0 Å². The Morgan fingerprint density at radius 2 is 2.17 bits per heavy atom. The lowest BCUT2D eigenvalue weighted by molar-refractivity contribution is -0.137. The molecule has 0 aromatic heterocycles. The second-order valence-electron chi connectivity index (χ2n) is 6.24. The molecule has 6 heteroatoms. The molecule has 0 bridgehead atoms. The molecule has 1 atom stereocenters. The van der Waals surface area contributed by atoms with E-state index >= 15 is 0 Å². The van der Waals surface area contributed by atoms with Crippen LogP contribution < -0.4 is 4.74 Å². The van der Waals surface area contributed by atoms with Crippen molar-refractivity contribution >= 4 is 27.8 Å². The number of rotatable bonds is 7. The number of hydrogen-bond donors (Lipinski definition) is 1. The van der Waals surface area contributed by atoms with Gasteiger partial charge in [0.1, 0.15) is 5.75 Å². The highest BCUT2D eigenvalue weighted by Crippen LogP contribution is 2.25. The predicted octanol–water partition coefficient (Wildman–Crippen LogP) is 3.49. The lowest BCUT2D eigenvalue weighted by Gasteiger charge is -2.32. The highest BCUT2D eigenvalue weighted by molar-refractivity contribution is 9.10. The van der Waals surface area contributed by atoms with Crippen molar-refractivity contribution in [3.63, 3.8) is 0 Å². The zero-order valence-corrected chi connectivity index (χ0v) is 15.5. The van der Waals surface area contributed by atoms with Crippen LogP contribution in [-0.2, 0) is 16.0 Å². The number of methoxy groups -OCH3 is 1. The average Bonchev–Trinajstić information content (AvgIpc) is 2.58. The van der Waals surface area contributed by atoms with Crippen LogP contribution in [0.1, 0.15) is 37.7 Å². The SMILES string of the molecule is COc1ccc(Br)cc1CCC(=O)N1CCC[C@H](CCC(=O)O)C1. The van der Waals surface area contributed by atoms with E-state index in [1.165, 1.54) is 0 Å². The molecule has 0 radical (unpaired) electrons. The molecule has 0 unspecified atom stereocenters. The summed E-state index contributed by atoms with van der Waals surface area (Å²) in [5.74, 6) is 0.473. The van der Waals surface area contributed by atoms with Gasteiger partial charge in [-0.25, -0.2) is 0 Å². The number of benzene rings is 1. The number of likely N-dealkylation sites (tertiary alicyclic amines) is 1. The molecule has 5 nitrogen and oxygen atoms in total. The van der Waals surface area contributed by atoms with Gasteiger partial charge >= 0.3 is 5.97 Å². The molecule has 1 aliphatic heterocycles. The molecule has 1 aromatic carbocycles. The predicted molar refractivity (Wildman–Crippen MR) is 95.2 cm³/mol. The number of halogens is 1. The van der Waals surface area contributed by atoms with E-state index in [1.54, 1.807) is 7.11 Å². The van der Waals surface area contributed by atoms with E-state index in [4.69, 9.17) is 9.84 Å². The topological polar surface area (TPSA) is 66.8 Å². The highest BCUT2D eigenvalue weighted by atomic mass is 79.9. The van der Waals surface area contributed by atoms with Crippen molar-refractivity contribution in [1.82, 2.24) is 4.90 Å². The van der Waals surface area contributed by atoms with Crippen LogP contribution in [0.2, 0.25) is 0 Å². The normalized spacial score (nSPS) is 17.6. The van der Waals surface area contributed by atoms with Crippen molar-refractivity contribution in [2.45, 2.75) is 38.5 Å². The summed E-state index contributed by atoms with van der Waals surface area (Å²) in [5.41, 5.74) is 1.01. The number of carbonyl (C=O) groups excluding carboxylic acids is 1. The Morgan fingerprint density at radius 3 is 2.88 bits per heavy atom. The van der Waals surface area contributed by atoms with Crippen molar-refractivity contribution in [2.24, 2.45) is 5.92 Å². The third kappa shape index (κ3) is 5.51. The van der Waals surface area contributed by atoms with E-state index in [9.17, 15) is 9.59 Å². The second-order valence-corrected chi connectivity index (χ2v) is 7.15. The van der Waals surface area contributed by atoms with Crippen LogP contribution in [0.15, 0.2) is 22.7 Å². The molecule has 1 fully saturated rings. The fourth-order valence-corrected chi connectivity index (χ4v) is 3.61. The van der Waals surface area contributed by atoms with Crippen LogP contribution in [0.5, 0.6) is 5.75 Å². The van der Waals surface area contributed by atoms with E-state index in [2.05, 4.69) is 15.9 Å². The van der Waals surface area contributed by atoms with Crippen LogP contribution in [0.3, 0.4) is 0 Å². The molecule has 1 saturated heterocycles. The summed E-state index contributed by atoms with van der Waals surface area (Å²) >= 11 is 3.45. The molecule has 1 aliphatic rings. The minimum atomic E-state index is -0.764. The Bertz CT molecular complexity index is 590. The first kappa shape index (κ1) is 18.8. The minimum absolute atomic E-state index is 0.136. The molecule has 132 valence electrons. The number of piperidine rings is 1. The molecular formula is C18H24BrNO4. The van der Waals surface area contributed by atoms with Gasteiger partial charge in [-0.15, -0.1) is 0 Å². The lowest BCUT2D eigenvalue weighted by Crippen LogP contribution is -2.40. The molecule has 1 heterocycles. The zero-order chi connectivity index (χ0) is 17.5. The van der Waals surface area contributed by atoms with Gasteiger partial charge in [0.2, 0.25) is 5.91 Å². The fraction of sp³-hybridized carbons (Fsp3) is 0.556. The quantitative estimate of drug-likeness (QED) is 0.764. The van der Waals surface area contributed by atoms with Gasteiger partial charge in [0, 0.05) is 30.4 Å². The van der Waals surface area contributed by atoms with Crippen LogP contribution in [-0.4, -0.2) is 42.1 Å². The molecule has 1 N–H and O–H groups in total. The number of aryl methyl sites for hydroxylation is 1. The number of hydrogen-bond acceptors (Lipinski definition) is 3. The van der Waals surface area contributed by atoms with Crippen LogP contribution >= 0.6 is 15.9 Å². The van der Waals surface area contributed by atoms with E-state index in [0.29, 0.717) is 31.7 Å². The van der Waals surface area contributed by atoms with E-state index < -0.39 is 5.97 Å². The smallest absolute Gasteiger partial charge is 0.303 e. The van der Waals surface area contributed by atoms with Gasteiger partial charge in [-0.05, 0) is 55.4 Å². The Labute approximate surface area is 151 Å². The first-order valence-electron chi connectivity index (χ1n) is 8.31. The average molecular weight is 398 g/mol. The van der Waals surface area contributed by atoms with E-state index in [1.807, 2.05) is 23.1 Å². The summed E-state index contributed by atoms with van der Waals surface area (Å²) < 4.78 is 6.32. The molecular weight excluding hydrogens is 374 g/mol. The molecule has 0 aliphatic carbocycles. The lowest BCUT2D eigenvalue weighted by atomic mass is 9.93. The maximum Gasteiger partial charge on any atom is 0.303 e. The molecule has 2 rings (SSSR count). The zero-order valence-electron chi connectivity index (χ0n) is 14.0. The van der Waals surface area contributed by atoms with E-state index in [-0.39, 0.29) is 12.3 Å². The van der Waals surface area contributed by atoms with Crippen molar-refractivity contribution in [2.75, 3.05) is 20.2 Å². The number of aliphatic carboxylic acids is 1. The maximum absolute atomic E-state index is 12.5. The van der Waals surface area contributed by atoms with Gasteiger partial charge < -0.3 is 14.7 Å². The summed E-state index contributed by atoms with van der Waals surface area (Å²) in [5, 5.41) is 8.81. The Kier molecular flexibility index (Phi) is 7.09. The summed E-state index contributed by atoms with van der Waals surface area (Å²) in [4.78, 5) is 25.1. The molecule has 0 saturated carbocycles. The second kappa shape index (κ2) is 9.06. The summed E-state index contributed by atoms with van der Waals surface area (Å²) in [6.45, 7) is 1.46. The Hall–Kier alpha value is -1.56. The van der Waals surface area contributed by atoms with Gasteiger partial charge in [0.05, 0.1) is 7.11 Å². The molecule has 1 amide bonds. The van der Waals surface area contributed by atoms with Crippen LogP contribution in [0, 0.1) is 5.92 Å². The van der Waals surface area contributed by atoms with Crippen molar-refractivity contribution in [3.8, 4) is 5.75 Å². The van der Waals surface area contributed by atoms with Crippen LogP contribution in [0.25, 0.3) is 0 Å². The standard InChI is InChI=1S/C18H24BrNO4/c1-24-16-7-6-15(19)11-14(16)5-8-17(21)20-10-2-3-13(12-20)4-9-18(22)23/h6-7,11,13H,2-5,8-10,12H2,1H3,(H,22,23)/t13-/m1/s1. The first-order chi connectivity index (χ1) is 11.5. The summed E-state index contributed by atoms with van der Waals surface area (Å²) in [7, 11) is 1.63. The summed E-state index contributed by atoms with van der Waals surface area (Å²) in [6.07, 6.45) is 3.88. The van der Waals surface area contributed by atoms with Gasteiger partial charge in [0.25, 0.3) is 0 Å².